The van der Waals surface area contributed by atoms with Crippen LogP contribution >= 0.6 is 23.2 Å². The second kappa shape index (κ2) is 5.20. The van der Waals surface area contributed by atoms with E-state index in [9.17, 15) is 4.79 Å². The van der Waals surface area contributed by atoms with E-state index in [4.69, 9.17) is 28.9 Å². The molecule has 0 radical (unpaired) electrons. The van der Waals surface area contributed by atoms with Gasteiger partial charge < -0.3 is 11.1 Å². The van der Waals surface area contributed by atoms with Crippen LogP contribution in [0.4, 0.5) is 11.4 Å². The Morgan fingerprint density at radius 3 is 2.50 bits per heavy atom. The van der Waals surface area contributed by atoms with Crippen molar-refractivity contribution in [3.8, 4) is 0 Å². The summed E-state index contributed by atoms with van der Waals surface area (Å²) in [5, 5.41) is 3.07. The molecule has 0 fully saturated rings. The molecule has 2 aromatic rings. The van der Waals surface area contributed by atoms with Crippen molar-refractivity contribution in [2.45, 2.75) is 0 Å². The lowest BCUT2D eigenvalue weighted by atomic mass is 10.2. The molecule has 1 amide bonds. The number of hydrogen-bond donors (Lipinski definition) is 2. The first-order valence-corrected chi connectivity index (χ1v) is 5.64. The largest absolute Gasteiger partial charge is 0.397 e. The minimum Gasteiger partial charge on any atom is -0.397 e. The predicted molar refractivity (Wildman–Crippen MR) is 70.9 cm³/mol. The molecule has 5 nitrogen and oxygen atoms in total. The molecule has 0 atom stereocenters. The van der Waals surface area contributed by atoms with E-state index in [1.54, 1.807) is 0 Å². The number of halogens is 2. The topological polar surface area (TPSA) is 80.9 Å². The van der Waals surface area contributed by atoms with E-state index in [-0.39, 0.29) is 21.6 Å². The number of amides is 1. The minimum absolute atomic E-state index is 0.228. The SMILES string of the molecule is Nc1cc(C(=O)Nc2cncnc2)cc(Cl)c1Cl. The lowest BCUT2D eigenvalue weighted by Crippen LogP contribution is -2.12. The summed E-state index contributed by atoms with van der Waals surface area (Å²) in [6.07, 6.45) is 4.32. The monoisotopic (exact) mass is 282 g/mol. The predicted octanol–water partition coefficient (Wildman–Crippen LogP) is 2.62. The number of nitrogens with zero attached hydrogens (tertiary/aromatic N) is 2. The lowest BCUT2D eigenvalue weighted by molar-refractivity contribution is 0.102. The molecule has 0 aliphatic heterocycles. The van der Waals surface area contributed by atoms with Gasteiger partial charge in [-0.1, -0.05) is 23.2 Å². The van der Waals surface area contributed by atoms with E-state index in [1.165, 1.54) is 30.9 Å². The van der Waals surface area contributed by atoms with Crippen LogP contribution in [0, 0.1) is 0 Å². The van der Waals surface area contributed by atoms with Crippen LogP contribution < -0.4 is 11.1 Å². The van der Waals surface area contributed by atoms with Crippen LogP contribution in [-0.4, -0.2) is 15.9 Å². The molecule has 0 saturated heterocycles. The van der Waals surface area contributed by atoms with Gasteiger partial charge in [0.1, 0.15) is 6.33 Å². The molecule has 0 spiro atoms. The number of carbonyl (C=O) groups excluding carboxylic acids is 1. The highest BCUT2D eigenvalue weighted by atomic mass is 35.5. The summed E-state index contributed by atoms with van der Waals surface area (Å²) in [4.78, 5) is 19.5. The third kappa shape index (κ3) is 2.69. The molecule has 92 valence electrons. The van der Waals surface area contributed by atoms with Crippen molar-refractivity contribution >= 4 is 40.5 Å². The van der Waals surface area contributed by atoms with E-state index in [0.29, 0.717) is 11.3 Å². The van der Waals surface area contributed by atoms with Crippen molar-refractivity contribution < 1.29 is 4.79 Å². The maximum Gasteiger partial charge on any atom is 0.255 e. The lowest BCUT2D eigenvalue weighted by Gasteiger charge is -2.07. The third-order valence-electron chi connectivity index (χ3n) is 2.14. The van der Waals surface area contributed by atoms with E-state index < -0.39 is 0 Å². The first kappa shape index (κ1) is 12.6. The summed E-state index contributed by atoms with van der Waals surface area (Å²) in [6.45, 7) is 0. The zero-order valence-corrected chi connectivity index (χ0v) is 10.5. The standard InChI is InChI=1S/C11H8Cl2N4O/c12-8-1-6(2-9(14)10(8)13)11(18)17-7-3-15-5-16-4-7/h1-5H,14H2,(H,17,18). The van der Waals surface area contributed by atoms with Crippen LogP contribution in [-0.2, 0) is 0 Å². The average Bonchev–Trinajstić information content (AvgIpc) is 2.36. The Labute approximate surface area is 113 Å². The van der Waals surface area contributed by atoms with Gasteiger partial charge >= 0.3 is 0 Å². The molecule has 1 heterocycles. The number of rotatable bonds is 2. The van der Waals surface area contributed by atoms with Crippen LogP contribution in [0.15, 0.2) is 30.9 Å². The molecule has 18 heavy (non-hydrogen) atoms. The summed E-state index contributed by atoms with van der Waals surface area (Å²) < 4.78 is 0. The zero-order chi connectivity index (χ0) is 13.1. The number of nitrogens with one attached hydrogen (secondary N) is 1. The van der Waals surface area contributed by atoms with E-state index in [1.807, 2.05) is 0 Å². The van der Waals surface area contributed by atoms with Crippen LogP contribution in [0.3, 0.4) is 0 Å². The Kier molecular flexibility index (Phi) is 3.64. The summed E-state index contributed by atoms with van der Waals surface area (Å²) >= 11 is 11.7. The van der Waals surface area contributed by atoms with Gasteiger partial charge in [0.05, 0.1) is 33.8 Å². The summed E-state index contributed by atoms with van der Waals surface area (Å²) in [5.41, 5.74) is 6.67. The van der Waals surface area contributed by atoms with Gasteiger partial charge in [0.25, 0.3) is 5.91 Å². The Bertz CT molecular complexity index is 566. The molecule has 0 saturated carbocycles. The Morgan fingerprint density at radius 1 is 1.22 bits per heavy atom. The number of nitrogen functional groups attached to an aromatic ring is 1. The molecule has 0 unspecified atom stereocenters. The van der Waals surface area contributed by atoms with Crippen LogP contribution in [0.25, 0.3) is 0 Å². The zero-order valence-electron chi connectivity index (χ0n) is 9.02. The number of nitrogens with two attached hydrogens (primary N) is 1. The van der Waals surface area contributed by atoms with Gasteiger partial charge in [-0.25, -0.2) is 9.97 Å². The highest BCUT2D eigenvalue weighted by Crippen LogP contribution is 2.29. The highest BCUT2D eigenvalue weighted by Gasteiger charge is 2.11. The number of hydrogen-bond acceptors (Lipinski definition) is 4. The van der Waals surface area contributed by atoms with Gasteiger partial charge in [-0.15, -0.1) is 0 Å². The van der Waals surface area contributed by atoms with Gasteiger partial charge in [-0.2, -0.15) is 0 Å². The van der Waals surface area contributed by atoms with Crippen LogP contribution in [0.1, 0.15) is 10.4 Å². The van der Waals surface area contributed by atoms with Gasteiger partial charge in [-0.3, -0.25) is 4.79 Å². The average molecular weight is 283 g/mol. The molecule has 3 N–H and O–H groups in total. The highest BCUT2D eigenvalue weighted by molar-refractivity contribution is 6.44. The Hall–Kier alpha value is -1.85. The summed E-state index contributed by atoms with van der Waals surface area (Å²) in [6, 6.07) is 2.90. The molecule has 1 aromatic carbocycles. The van der Waals surface area contributed by atoms with E-state index >= 15 is 0 Å². The van der Waals surface area contributed by atoms with Crippen LogP contribution in [0.5, 0.6) is 0 Å². The molecule has 1 aromatic heterocycles. The van der Waals surface area contributed by atoms with Crippen molar-refractivity contribution in [1.29, 1.82) is 0 Å². The number of aromatic nitrogens is 2. The number of carbonyl (C=O) groups is 1. The Morgan fingerprint density at radius 2 is 1.89 bits per heavy atom. The molecular formula is C11H8Cl2N4O. The number of anilines is 2. The molecule has 2 rings (SSSR count). The smallest absolute Gasteiger partial charge is 0.255 e. The van der Waals surface area contributed by atoms with Gasteiger partial charge in [0.15, 0.2) is 0 Å². The van der Waals surface area contributed by atoms with Gasteiger partial charge in [0, 0.05) is 5.56 Å². The third-order valence-corrected chi connectivity index (χ3v) is 2.95. The molecule has 0 aliphatic rings. The normalized spacial score (nSPS) is 10.1. The van der Waals surface area contributed by atoms with Crippen molar-refractivity contribution in [2.75, 3.05) is 11.1 Å². The summed E-state index contributed by atoms with van der Waals surface area (Å²) in [7, 11) is 0. The Balaban J connectivity index is 2.25. The van der Waals surface area contributed by atoms with E-state index in [0.717, 1.165) is 0 Å². The maximum absolute atomic E-state index is 11.9. The first-order valence-electron chi connectivity index (χ1n) is 4.89. The van der Waals surface area contributed by atoms with Crippen molar-refractivity contribution in [1.82, 2.24) is 9.97 Å². The molecule has 0 bridgehead atoms. The summed E-state index contributed by atoms with van der Waals surface area (Å²) in [5.74, 6) is -0.366. The fraction of sp³-hybridized carbons (Fsp3) is 0. The fourth-order valence-corrected chi connectivity index (χ4v) is 1.64. The molecular weight excluding hydrogens is 275 g/mol. The van der Waals surface area contributed by atoms with Crippen LogP contribution in [0.2, 0.25) is 10.0 Å². The minimum atomic E-state index is -0.366. The molecule has 7 heteroatoms. The maximum atomic E-state index is 11.9. The second-order valence-electron chi connectivity index (χ2n) is 3.44. The van der Waals surface area contributed by atoms with Crippen molar-refractivity contribution in [3.63, 3.8) is 0 Å². The van der Waals surface area contributed by atoms with Crippen molar-refractivity contribution in [3.05, 3.63) is 46.5 Å². The van der Waals surface area contributed by atoms with Crippen molar-refractivity contribution in [2.24, 2.45) is 0 Å². The van der Waals surface area contributed by atoms with E-state index in [2.05, 4.69) is 15.3 Å². The fourth-order valence-electron chi connectivity index (χ4n) is 1.31. The molecule has 0 aliphatic carbocycles. The second-order valence-corrected chi connectivity index (χ2v) is 4.23. The van der Waals surface area contributed by atoms with Gasteiger partial charge in [-0.05, 0) is 12.1 Å². The number of benzene rings is 1. The quantitative estimate of drug-likeness (QED) is 0.830. The van der Waals surface area contributed by atoms with Gasteiger partial charge in [0.2, 0.25) is 0 Å². The first-order chi connectivity index (χ1) is 8.58.